The molecule has 4 amide bonds. The van der Waals surface area contributed by atoms with Gasteiger partial charge in [0, 0.05) is 68.0 Å². The molecule has 60 heavy (non-hydrogen) atoms. The Kier molecular flexibility index (Phi) is 15.9. The van der Waals surface area contributed by atoms with Gasteiger partial charge < -0.3 is 50.6 Å². The summed E-state index contributed by atoms with van der Waals surface area (Å²) in [5.41, 5.74) is 7.00. The summed E-state index contributed by atoms with van der Waals surface area (Å²) in [5, 5.41) is 17.6. The quantitative estimate of drug-likeness (QED) is 0.0937. The lowest BCUT2D eigenvalue weighted by Gasteiger charge is -2.35. The van der Waals surface area contributed by atoms with E-state index < -0.39 is 58.9 Å². The molecular formula is C42H50FN7O9S. The predicted octanol–water partition coefficient (Wildman–Crippen LogP) is 4.38. The van der Waals surface area contributed by atoms with E-state index in [0.717, 1.165) is 11.6 Å². The number of halogens is 1. The number of nitrogens with zero attached hydrogens (tertiary/aromatic N) is 3. The number of alkyl carbamates (subject to hydrolysis) is 1. The summed E-state index contributed by atoms with van der Waals surface area (Å²) in [4.78, 5) is 80.0. The lowest BCUT2D eigenvalue weighted by Crippen LogP contribution is -2.55. The van der Waals surface area contributed by atoms with Gasteiger partial charge in [-0.25, -0.2) is 18.8 Å². The van der Waals surface area contributed by atoms with E-state index in [4.69, 9.17) is 15.2 Å². The number of rotatable bonds is 17. The van der Waals surface area contributed by atoms with Crippen LogP contribution >= 0.6 is 11.8 Å². The smallest absolute Gasteiger partial charge is 0.410 e. The Labute approximate surface area is 350 Å². The third kappa shape index (κ3) is 11.7. The second-order valence-corrected chi connectivity index (χ2v) is 15.5. The van der Waals surface area contributed by atoms with Crippen LogP contribution in [0.5, 0.6) is 0 Å². The lowest BCUT2D eigenvalue weighted by atomic mass is 10.0. The van der Waals surface area contributed by atoms with Crippen LogP contribution in [0.25, 0.3) is 10.9 Å². The molecule has 1 aliphatic rings. The van der Waals surface area contributed by atoms with E-state index in [2.05, 4.69) is 16.0 Å². The molecule has 0 bridgehead atoms. The van der Waals surface area contributed by atoms with E-state index in [9.17, 15) is 33.9 Å². The molecule has 3 aromatic carbocycles. The molecule has 18 heteroatoms. The molecule has 1 fully saturated rings. The Morgan fingerprint density at radius 1 is 0.900 bits per heavy atom. The largest absolute Gasteiger partial charge is 0.477 e. The van der Waals surface area contributed by atoms with E-state index in [0.29, 0.717) is 35.6 Å². The molecule has 5 rings (SSSR count). The SMILES string of the molecule is CCn1cc(C(=O)O)c(=O)c2cc(F)c(N3CCN(C(=O)OCc4ccc(NC(=O)C(CSCCN)NC(=O)C(NC(=O)OCc5ccccc5)C(C)C)cc4)CC3)cc21. The molecule has 320 valence electrons. The summed E-state index contributed by atoms with van der Waals surface area (Å²) >= 11 is 1.40. The first kappa shape index (κ1) is 45.0. The van der Waals surface area contributed by atoms with Gasteiger partial charge in [-0.2, -0.15) is 11.8 Å². The molecule has 1 aliphatic heterocycles. The highest BCUT2D eigenvalue weighted by Crippen LogP contribution is 2.27. The van der Waals surface area contributed by atoms with Crippen molar-refractivity contribution in [2.45, 2.75) is 52.6 Å². The number of benzene rings is 3. The van der Waals surface area contributed by atoms with Crippen molar-refractivity contribution in [2.75, 3.05) is 54.4 Å². The van der Waals surface area contributed by atoms with Crippen LogP contribution in [0.1, 0.15) is 42.3 Å². The van der Waals surface area contributed by atoms with Gasteiger partial charge in [-0.15, -0.1) is 0 Å². The zero-order chi connectivity index (χ0) is 43.3. The van der Waals surface area contributed by atoms with Crippen molar-refractivity contribution < 1.29 is 42.9 Å². The number of aromatic nitrogens is 1. The van der Waals surface area contributed by atoms with Gasteiger partial charge in [0.05, 0.1) is 11.2 Å². The minimum absolute atomic E-state index is 0.0223. The maximum absolute atomic E-state index is 15.3. The number of carboxylic acid groups (broad SMARTS) is 1. The molecule has 2 unspecified atom stereocenters. The number of amides is 4. The van der Waals surface area contributed by atoms with Crippen LogP contribution in [0, 0.1) is 11.7 Å². The monoisotopic (exact) mass is 847 g/mol. The molecule has 16 nitrogen and oxygen atoms in total. The van der Waals surface area contributed by atoms with Crippen molar-refractivity contribution in [1.29, 1.82) is 0 Å². The van der Waals surface area contributed by atoms with Crippen LogP contribution in [0.2, 0.25) is 0 Å². The van der Waals surface area contributed by atoms with Gasteiger partial charge in [-0.05, 0) is 48.2 Å². The number of thioether (sulfide) groups is 1. The number of piperazine rings is 1. The van der Waals surface area contributed by atoms with Crippen molar-refractivity contribution in [3.63, 3.8) is 0 Å². The fourth-order valence-electron chi connectivity index (χ4n) is 6.49. The number of fused-ring (bicyclic) bond motifs is 1. The number of pyridine rings is 1. The molecular weight excluding hydrogens is 798 g/mol. The van der Waals surface area contributed by atoms with Crippen molar-refractivity contribution in [1.82, 2.24) is 20.1 Å². The third-order valence-electron chi connectivity index (χ3n) is 9.80. The summed E-state index contributed by atoms with van der Waals surface area (Å²) in [6.07, 6.45) is -0.0615. The maximum Gasteiger partial charge on any atom is 0.410 e. The summed E-state index contributed by atoms with van der Waals surface area (Å²) in [6, 6.07) is 16.5. The second-order valence-electron chi connectivity index (χ2n) is 14.4. The van der Waals surface area contributed by atoms with Crippen LogP contribution in [0.4, 0.5) is 25.4 Å². The van der Waals surface area contributed by atoms with Crippen LogP contribution in [0.15, 0.2) is 77.7 Å². The summed E-state index contributed by atoms with van der Waals surface area (Å²) in [5.74, 6) is -2.60. The number of hydrogen-bond donors (Lipinski definition) is 5. The van der Waals surface area contributed by atoms with Gasteiger partial charge in [0.2, 0.25) is 17.2 Å². The molecule has 0 aliphatic carbocycles. The number of ether oxygens (including phenoxy) is 2. The number of carboxylic acids is 1. The molecule has 1 aromatic heterocycles. The van der Waals surface area contributed by atoms with Crippen molar-refractivity contribution in [3.8, 4) is 0 Å². The molecule has 2 heterocycles. The van der Waals surface area contributed by atoms with Crippen LogP contribution in [-0.2, 0) is 38.8 Å². The van der Waals surface area contributed by atoms with Crippen LogP contribution in [-0.4, -0.2) is 101 Å². The highest BCUT2D eigenvalue weighted by atomic mass is 32.2. The number of carbonyl (C=O) groups excluding carboxylic acids is 4. The molecule has 4 aromatic rings. The van der Waals surface area contributed by atoms with Gasteiger partial charge in [0.15, 0.2) is 0 Å². The van der Waals surface area contributed by atoms with E-state index in [1.165, 1.54) is 28.9 Å². The maximum atomic E-state index is 15.3. The number of aromatic carboxylic acids is 1. The predicted molar refractivity (Wildman–Crippen MR) is 227 cm³/mol. The third-order valence-corrected chi connectivity index (χ3v) is 10.9. The fourth-order valence-corrected chi connectivity index (χ4v) is 7.30. The normalized spacial score (nSPS) is 13.7. The van der Waals surface area contributed by atoms with E-state index >= 15 is 4.39 Å². The van der Waals surface area contributed by atoms with Gasteiger partial charge in [-0.1, -0.05) is 56.3 Å². The first-order valence-corrected chi connectivity index (χ1v) is 20.7. The average Bonchev–Trinajstić information content (AvgIpc) is 3.24. The van der Waals surface area contributed by atoms with Gasteiger partial charge in [-0.3, -0.25) is 14.4 Å². The van der Waals surface area contributed by atoms with Crippen LogP contribution < -0.4 is 32.0 Å². The van der Waals surface area contributed by atoms with Crippen molar-refractivity contribution in [3.05, 3.63) is 106 Å². The minimum Gasteiger partial charge on any atom is -0.477 e. The number of carbonyl (C=O) groups is 5. The second kappa shape index (κ2) is 21.2. The first-order valence-electron chi connectivity index (χ1n) is 19.5. The number of nitrogens with one attached hydrogen (secondary N) is 3. The Balaban J connectivity index is 1.12. The zero-order valence-electron chi connectivity index (χ0n) is 33.6. The standard InChI is InChI=1S/C42H50FN7O9S/c1-4-48-22-31(40(54)55)37(51)30-20-32(43)35(21-34(30)48)49-15-17-50(18-16-49)42(57)59-24-28-10-12-29(13-11-28)45-38(52)33(25-60-19-14-44)46-39(53)36(26(2)3)47-41(56)58-23-27-8-6-5-7-9-27/h5-13,20-22,26,33,36H,4,14-19,23-25,44H2,1-3H3,(H,45,52)(H,46,53)(H,47,56)(H,54,55). The summed E-state index contributed by atoms with van der Waals surface area (Å²) in [7, 11) is 0. The minimum atomic E-state index is -1.38. The molecule has 0 spiro atoms. The van der Waals surface area contributed by atoms with Crippen molar-refractivity contribution in [2.24, 2.45) is 11.7 Å². The van der Waals surface area contributed by atoms with E-state index in [-0.39, 0.29) is 62.1 Å². The number of hydrogen-bond acceptors (Lipinski definition) is 11. The Bertz CT molecular complexity index is 2220. The van der Waals surface area contributed by atoms with E-state index in [1.54, 1.807) is 54.5 Å². The molecule has 1 saturated heterocycles. The van der Waals surface area contributed by atoms with Gasteiger partial charge in [0.1, 0.15) is 36.7 Å². The molecule has 6 N–H and O–H groups in total. The van der Waals surface area contributed by atoms with E-state index in [1.807, 2.05) is 30.3 Å². The van der Waals surface area contributed by atoms with Crippen molar-refractivity contribution >= 4 is 64.0 Å². The van der Waals surface area contributed by atoms with Crippen LogP contribution in [0.3, 0.4) is 0 Å². The number of aryl methyl sites for hydroxylation is 1. The van der Waals surface area contributed by atoms with Gasteiger partial charge in [0.25, 0.3) is 0 Å². The first-order chi connectivity index (χ1) is 28.8. The average molecular weight is 848 g/mol. The van der Waals surface area contributed by atoms with Gasteiger partial charge >= 0.3 is 18.2 Å². The number of anilines is 2. The summed E-state index contributed by atoms with van der Waals surface area (Å²) < 4.78 is 27.8. The molecule has 0 saturated carbocycles. The number of nitrogens with two attached hydrogens (primary N) is 1. The highest BCUT2D eigenvalue weighted by Gasteiger charge is 2.30. The molecule has 2 atom stereocenters. The Morgan fingerprint density at radius 2 is 1.57 bits per heavy atom. The Hall–Kier alpha value is -6.14. The Morgan fingerprint density at radius 3 is 2.20 bits per heavy atom. The highest BCUT2D eigenvalue weighted by molar-refractivity contribution is 7.99. The fraction of sp³-hybridized carbons (Fsp3) is 0.381. The summed E-state index contributed by atoms with van der Waals surface area (Å²) in [6.45, 7) is 7.12. The molecule has 0 radical (unpaired) electrons. The zero-order valence-corrected chi connectivity index (χ0v) is 34.5. The lowest BCUT2D eigenvalue weighted by molar-refractivity contribution is -0.128. The topological polar surface area (TPSA) is 215 Å².